The number of carbonyl (C=O) groups excluding carboxylic acids is 1. The number of nitrogens with one attached hydrogen (secondary N) is 1. The van der Waals surface area contributed by atoms with Crippen molar-refractivity contribution in [1.82, 2.24) is 0 Å². The van der Waals surface area contributed by atoms with Crippen LogP contribution in [-0.2, 0) is 18.2 Å². The number of carbonyl (C=O) groups is 1. The summed E-state index contributed by atoms with van der Waals surface area (Å²) in [5.74, 6) is -0.562. The van der Waals surface area contributed by atoms with Gasteiger partial charge in [-0.2, -0.15) is 13.2 Å². The third-order valence-corrected chi connectivity index (χ3v) is 5.32. The molecule has 0 atom stereocenters. The number of phenolic OH excluding ortho intramolecular Hbond substituents is 1. The summed E-state index contributed by atoms with van der Waals surface area (Å²) in [7, 11) is 0. The van der Waals surface area contributed by atoms with Crippen molar-refractivity contribution in [2.24, 2.45) is 0 Å². The molecule has 4 nitrogen and oxygen atoms in total. The van der Waals surface area contributed by atoms with Crippen LogP contribution in [-0.4, -0.2) is 11.0 Å². The molecule has 0 saturated heterocycles. The average molecular weight is 478 g/mol. The summed E-state index contributed by atoms with van der Waals surface area (Å²) in [4.78, 5) is 12.8. The molecule has 0 aliphatic carbocycles. The van der Waals surface area contributed by atoms with Crippen LogP contribution in [0.1, 0.15) is 47.8 Å². The SMILES string of the molecule is CC(C)(C)c1ccc(O)c(NC(=O)c2ccc(Cl)c(OCc3ccccc3C(F)(F)F)c2)c1. The third kappa shape index (κ3) is 5.99. The Kier molecular flexibility index (Phi) is 6.93. The molecule has 0 heterocycles. The van der Waals surface area contributed by atoms with Gasteiger partial charge in [0.25, 0.3) is 5.91 Å². The van der Waals surface area contributed by atoms with Crippen LogP contribution in [0.2, 0.25) is 5.02 Å². The van der Waals surface area contributed by atoms with Crippen LogP contribution in [0.3, 0.4) is 0 Å². The zero-order valence-electron chi connectivity index (χ0n) is 18.3. The van der Waals surface area contributed by atoms with E-state index in [2.05, 4.69) is 5.32 Å². The van der Waals surface area contributed by atoms with Gasteiger partial charge in [0.2, 0.25) is 0 Å². The first-order valence-corrected chi connectivity index (χ1v) is 10.5. The van der Waals surface area contributed by atoms with E-state index in [0.717, 1.165) is 11.6 Å². The van der Waals surface area contributed by atoms with Crippen molar-refractivity contribution in [2.45, 2.75) is 39.0 Å². The highest BCUT2D eigenvalue weighted by Gasteiger charge is 2.33. The highest BCUT2D eigenvalue weighted by molar-refractivity contribution is 6.32. The second-order valence-electron chi connectivity index (χ2n) is 8.52. The topological polar surface area (TPSA) is 58.6 Å². The molecule has 3 rings (SSSR count). The van der Waals surface area contributed by atoms with Crippen LogP contribution in [0.15, 0.2) is 60.7 Å². The molecule has 1 amide bonds. The number of aromatic hydroxyl groups is 1. The molecule has 0 spiro atoms. The Morgan fingerprint density at radius 1 is 1.03 bits per heavy atom. The van der Waals surface area contributed by atoms with Gasteiger partial charge in [-0.15, -0.1) is 0 Å². The van der Waals surface area contributed by atoms with Gasteiger partial charge in [-0.25, -0.2) is 0 Å². The van der Waals surface area contributed by atoms with E-state index in [4.69, 9.17) is 16.3 Å². The quantitative estimate of drug-likeness (QED) is 0.382. The first-order chi connectivity index (χ1) is 15.4. The van der Waals surface area contributed by atoms with Crippen molar-refractivity contribution < 1.29 is 27.8 Å². The van der Waals surface area contributed by atoms with Crippen LogP contribution in [0.4, 0.5) is 18.9 Å². The van der Waals surface area contributed by atoms with E-state index in [9.17, 15) is 23.1 Å². The largest absolute Gasteiger partial charge is 0.506 e. The van der Waals surface area contributed by atoms with Crippen LogP contribution < -0.4 is 10.1 Å². The van der Waals surface area contributed by atoms with Crippen LogP contribution >= 0.6 is 11.6 Å². The molecule has 0 aliphatic heterocycles. The molecule has 0 bridgehead atoms. The predicted octanol–water partition coefficient (Wildman–Crippen LogP) is 7.19. The maximum absolute atomic E-state index is 13.2. The minimum Gasteiger partial charge on any atom is -0.506 e. The normalized spacial score (nSPS) is 11.8. The first kappa shape index (κ1) is 24.5. The Morgan fingerprint density at radius 2 is 1.73 bits per heavy atom. The fraction of sp³-hybridized carbons (Fsp3) is 0.240. The summed E-state index contributed by atoms with van der Waals surface area (Å²) in [6.45, 7) is 5.63. The summed E-state index contributed by atoms with van der Waals surface area (Å²) in [6, 6.07) is 14.3. The van der Waals surface area contributed by atoms with Crippen LogP contribution in [0.5, 0.6) is 11.5 Å². The molecule has 0 fully saturated rings. The van der Waals surface area contributed by atoms with E-state index in [1.165, 1.54) is 42.5 Å². The van der Waals surface area contributed by atoms with E-state index < -0.39 is 17.6 Å². The van der Waals surface area contributed by atoms with Crippen molar-refractivity contribution in [3.05, 3.63) is 87.9 Å². The number of anilines is 1. The van der Waals surface area contributed by atoms with Crippen molar-refractivity contribution in [2.75, 3.05) is 5.32 Å². The maximum atomic E-state index is 13.2. The van der Waals surface area contributed by atoms with Gasteiger partial charge in [-0.3, -0.25) is 4.79 Å². The molecule has 33 heavy (non-hydrogen) atoms. The summed E-state index contributed by atoms with van der Waals surface area (Å²) >= 11 is 6.13. The summed E-state index contributed by atoms with van der Waals surface area (Å²) < 4.78 is 45.2. The molecule has 8 heteroatoms. The smallest absolute Gasteiger partial charge is 0.416 e. The Morgan fingerprint density at radius 3 is 2.39 bits per heavy atom. The van der Waals surface area contributed by atoms with Crippen LogP contribution in [0, 0.1) is 0 Å². The molecule has 2 N–H and O–H groups in total. The summed E-state index contributed by atoms with van der Waals surface area (Å²) in [5, 5.41) is 12.9. The Balaban J connectivity index is 1.81. The number of alkyl halides is 3. The molecule has 174 valence electrons. The number of amides is 1. The van der Waals surface area contributed by atoms with Gasteiger partial charge in [0.15, 0.2) is 0 Å². The zero-order chi connectivity index (χ0) is 24.4. The second kappa shape index (κ2) is 9.35. The molecular weight excluding hydrogens is 455 g/mol. The molecular formula is C25H23ClF3NO3. The van der Waals surface area contributed by atoms with Gasteiger partial charge in [0, 0.05) is 11.1 Å². The molecule has 0 saturated carbocycles. The van der Waals surface area contributed by atoms with Crippen molar-refractivity contribution in [3.8, 4) is 11.5 Å². The van der Waals surface area contributed by atoms with Gasteiger partial charge in [0.1, 0.15) is 18.1 Å². The van der Waals surface area contributed by atoms with Crippen molar-refractivity contribution in [1.29, 1.82) is 0 Å². The van der Waals surface area contributed by atoms with E-state index in [-0.39, 0.29) is 45.4 Å². The van der Waals surface area contributed by atoms with Gasteiger partial charge >= 0.3 is 6.18 Å². The Labute approximate surface area is 195 Å². The van der Waals surface area contributed by atoms with Gasteiger partial charge in [0.05, 0.1) is 16.3 Å². The highest BCUT2D eigenvalue weighted by Crippen LogP contribution is 2.34. The van der Waals surface area contributed by atoms with E-state index in [1.54, 1.807) is 12.1 Å². The predicted molar refractivity (Wildman–Crippen MR) is 122 cm³/mol. The lowest BCUT2D eigenvalue weighted by Gasteiger charge is -2.20. The van der Waals surface area contributed by atoms with Gasteiger partial charge < -0.3 is 15.2 Å². The minimum absolute atomic E-state index is 0.0557. The lowest BCUT2D eigenvalue weighted by molar-refractivity contribution is -0.138. The molecule has 0 aliphatic rings. The van der Waals surface area contributed by atoms with E-state index >= 15 is 0 Å². The van der Waals surface area contributed by atoms with Crippen molar-refractivity contribution >= 4 is 23.2 Å². The number of rotatable bonds is 5. The van der Waals surface area contributed by atoms with Crippen LogP contribution in [0.25, 0.3) is 0 Å². The molecule has 0 unspecified atom stereocenters. The maximum Gasteiger partial charge on any atom is 0.416 e. The lowest BCUT2D eigenvalue weighted by atomic mass is 9.87. The molecule has 3 aromatic rings. The molecule has 0 radical (unpaired) electrons. The fourth-order valence-corrected chi connectivity index (χ4v) is 3.30. The summed E-state index contributed by atoms with van der Waals surface area (Å²) in [5.41, 5.74) is 0.271. The minimum atomic E-state index is -4.52. The first-order valence-electron chi connectivity index (χ1n) is 10.1. The standard InChI is InChI=1S/C25H23ClF3NO3/c1-24(2,3)17-9-11-21(31)20(13-17)30-23(32)15-8-10-19(26)22(12-15)33-14-16-6-4-5-7-18(16)25(27,28)29/h4-13,31H,14H2,1-3H3,(H,30,32). The number of phenols is 1. The van der Waals surface area contributed by atoms with Gasteiger partial charge in [-0.1, -0.05) is 56.6 Å². The summed E-state index contributed by atoms with van der Waals surface area (Å²) in [6.07, 6.45) is -4.52. The number of hydrogen-bond donors (Lipinski definition) is 2. The second-order valence-corrected chi connectivity index (χ2v) is 8.93. The number of benzene rings is 3. The lowest BCUT2D eigenvalue weighted by Crippen LogP contribution is -2.15. The number of hydrogen-bond acceptors (Lipinski definition) is 3. The highest BCUT2D eigenvalue weighted by atomic mass is 35.5. The van der Waals surface area contributed by atoms with E-state index in [0.29, 0.717) is 0 Å². The third-order valence-electron chi connectivity index (χ3n) is 5.01. The van der Waals surface area contributed by atoms with E-state index in [1.807, 2.05) is 20.8 Å². The Bertz CT molecular complexity index is 1170. The zero-order valence-corrected chi connectivity index (χ0v) is 19.0. The molecule has 0 aromatic heterocycles. The fourth-order valence-electron chi connectivity index (χ4n) is 3.13. The number of ether oxygens (including phenoxy) is 1. The number of halogens is 4. The average Bonchev–Trinajstić information content (AvgIpc) is 2.73. The van der Waals surface area contributed by atoms with Crippen molar-refractivity contribution in [3.63, 3.8) is 0 Å². The Hall–Kier alpha value is -3.19. The molecule has 3 aromatic carbocycles. The van der Waals surface area contributed by atoms with Gasteiger partial charge in [-0.05, 0) is 47.4 Å². The monoisotopic (exact) mass is 477 g/mol.